The van der Waals surface area contributed by atoms with E-state index in [1.54, 1.807) is 12.3 Å². The molecule has 0 aromatic carbocycles. The molecule has 0 aliphatic heterocycles. The van der Waals surface area contributed by atoms with E-state index in [0.717, 1.165) is 4.47 Å². The lowest BCUT2D eigenvalue weighted by molar-refractivity contribution is 0.103. The first-order valence-corrected chi connectivity index (χ1v) is 6.45. The number of ketones is 1. The summed E-state index contributed by atoms with van der Waals surface area (Å²) in [6.45, 7) is 0. The average Bonchev–Trinajstić information content (AvgIpc) is 2.81. The lowest BCUT2D eigenvalue weighted by Crippen LogP contribution is -2.06. The normalized spacial score (nSPS) is 10.9. The molecule has 0 aliphatic rings. The SMILES string of the molecule is Nc1ccc(C(=O)c2c[nH]c3ncc(Br)cc23)c(F)n1. The number of carbonyl (C=O) groups excluding carboxylic acids is 1. The lowest BCUT2D eigenvalue weighted by atomic mass is 10.0. The van der Waals surface area contributed by atoms with Crippen molar-refractivity contribution in [1.29, 1.82) is 0 Å². The molecule has 3 heterocycles. The Kier molecular flexibility index (Phi) is 2.98. The van der Waals surface area contributed by atoms with Crippen molar-refractivity contribution in [3.63, 3.8) is 0 Å². The molecule has 0 bridgehead atoms. The number of fused-ring (bicyclic) bond motifs is 1. The van der Waals surface area contributed by atoms with Crippen LogP contribution in [0, 0.1) is 5.95 Å². The number of hydrogen-bond donors (Lipinski definition) is 2. The number of nitrogens with two attached hydrogens (primary N) is 1. The van der Waals surface area contributed by atoms with Crippen molar-refractivity contribution in [2.24, 2.45) is 0 Å². The average molecular weight is 335 g/mol. The Bertz CT molecular complexity index is 830. The molecule has 3 rings (SSSR count). The van der Waals surface area contributed by atoms with E-state index in [9.17, 15) is 9.18 Å². The third-order valence-corrected chi connectivity index (χ3v) is 3.29. The third-order valence-electron chi connectivity index (χ3n) is 2.86. The second-order valence-corrected chi connectivity index (χ2v) is 5.07. The Balaban J connectivity index is 2.15. The van der Waals surface area contributed by atoms with Gasteiger partial charge in [-0.15, -0.1) is 0 Å². The number of anilines is 1. The van der Waals surface area contributed by atoms with Crippen LogP contribution in [0.3, 0.4) is 0 Å². The molecule has 0 saturated carbocycles. The molecular weight excluding hydrogens is 327 g/mol. The smallest absolute Gasteiger partial charge is 0.226 e. The summed E-state index contributed by atoms with van der Waals surface area (Å²) >= 11 is 3.29. The van der Waals surface area contributed by atoms with E-state index in [0.29, 0.717) is 16.6 Å². The Labute approximate surface area is 121 Å². The van der Waals surface area contributed by atoms with Crippen molar-refractivity contribution >= 4 is 38.6 Å². The molecule has 0 spiro atoms. The summed E-state index contributed by atoms with van der Waals surface area (Å²) < 4.78 is 14.5. The minimum absolute atomic E-state index is 0.0300. The van der Waals surface area contributed by atoms with Crippen LogP contribution in [0.2, 0.25) is 0 Å². The first kappa shape index (κ1) is 12.7. The van der Waals surface area contributed by atoms with Crippen LogP contribution in [0.4, 0.5) is 10.2 Å². The first-order chi connectivity index (χ1) is 9.56. The standard InChI is InChI=1S/C13H8BrFN4O/c14-6-3-8-9(5-18-13(8)17-4-6)11(20)7-1-2-10(16)19-12(7)15/h1-5H,(H2,16,19)(H,17,18). The fraction of sp³-hybridized carbons (Fsp3) is 0. The molecule has 3 N–H and O–H groups in total. The van der Waals surface area contributed by atoms with Gasteiger partial charge < -0.3 is 10.7 Å². The number of carbonyl (C=O) groups is 1. The van der Waals surface area contributed by atoms with Gasteiger partial charge in [0.2, 0.25) is 5.95 Å². The van der Waals surface area contributed by atoms with Crippen LogP contribution in [0.25, 0.3) is 11.0 Å². The van der Waals surface area contributed by atoms with Gasteiger partial charge in [-0.3, -0.25) is 4.79 Å². The molecule has 0 unspecified atom stereocenters. The van der Waals surface area contributed by atoms with Crippen LogP contribution in [0.1, 0.15) is 15.9 Å². The molecule has 7 heteroatoms. The van der Waals surface area contributed by atoms with Gasteiger partial charge >= 0.3 is 0 Å². The van der Waals surface area contributed by atoms with Crippen molar-refractivity contribution in [2.45, 2.75) is 0 Å². The van der Waals surface area contributed by atoms with Gasteiger partial charge in [-0.2, -0.15) is 4.39 Å². The second kappa shape index (κ2) is 4.68. The molecule has 3 aromatic heterocycles. The van der Waals surface area contributed by atoms with Crippen LogP contribution >= 0.6 is 15.9 Å². The second-order valence-electron chi connectivity index (χ2n) is 4.16. The Morgan fingerprint density at radius 3 is 2.90 bits per heavy atom. The van der Waals surface area contributed by atoms with E-state index < -0.39 is 11.7 Å². The number of rotatable bonds is 2. The number of nitrogens with one attached hydrogen (secondary N) is 1. The Hall–Kier alpha value is -2.28. The molecule has 0 saturated heterocycles. The van der Waals surface area contributed by atoms with E-state index >= 15 is 0 Å². The minimum atomic E-state index is -0.882. The highest BCUT2D eigenvalue weighted by molar-refractivity contribution is 9.10. The van der Waals surface area contributed by atoms with Gasteiger partial charge in [0, 0.05) is 27.8 Å². The fourth-order valence-corrected chi connectivity index (χ4v) is 2.26. The zero-order valence-electron chi connectivity index (χ0n) is 10.0. The summed E-state index contributed by atoms with van der Waals surface area (Å²) in [7, 11) is 0. The minimum Gasteiger partial charge on any atom is -0.384 e. The number of pyridine rings is 2. The van der Waals surface area contributed by atoms with Crippen molar-refractivity contribution in [1.82, 2.24) is 15.0 Å². The topological polar surface area (TPSA) is 84.7 Å². The maximum Gasteiger partial charge on any atom is 0.226 e. The van der Waals surface area contributed by atoms with Gasteiger partial charge in [0.05, 0.1) is 5.56 Å². The van der Waals surface area contributed by atoms with Gasteiger partial charge in [0.15, 0.2) is 5.78 Å². The molecule has 20 heavy (non-hydrogen) atoms. The van der Waals surface area contributed by atoms with E-state index in [1.165, 1.54) is 18.3 Å². The Morgan fingerprint density at radius 1 is 1.35 bits per heavy atom. The van der Waals surface area contributed by atoms with E-state index in [2.05, 4.69) is 30.9 Å². The van der Waals surface area contributed by atoms with Crippen molar-refractivity contribution < 1.29 is 9.18 Å². The molecule has 0 fully saturated rings. The molecular formula is C13H8BrFN4O. The van der Waals surface area contributed by atoms with Gasteiger partial charge in [-0.1, -0.05) is 0 Å². The molecule has 3 aromatic rings. The summed E-state index contributed by atoms with van der Waals surface area (Å²) in [5, 5.41) is 0.612. The fourth-order valence-electron chi connectivity index (χ4n) is 1.93. The molecule has 0 radical (unpaired) electrons. The van der Waals surface area contributed by atoms with Crippen molar-refractivity contribution in [3.8, 4) is 0 Å². The molecule has 0 aliphatic carbocycles. The monoisotopic (exact) mass is 334 g/mol. The van der Waals surface area contributed by atoms with Gasteiger partial charge in [0.25, 0.3) is 0 Å². The Morgan fingerprint density at radius 2 is 2.15 bits per heavy atom. The quantitative estimate of drug-likeness (QED) is 0.557. The van der Waals surface area contributed by atoms with Crippen molar-refractivity contribution in [3.05, 3.63) is 52.1 Å². The lowest BCUT2D eigenvalue weighted by Gasteiger charge is -2.02. The van der Waals surface area contributed by atoms with Gasteiger partial charge in [0.1, 0.15) is 11.5 Å². The first-order valence-electron chi connectivity index (χ1n) is 5.65. The molecule has 0 atom stereocenters. The molecule has 5 nitrogen and oxygen atoms in total. The van der Waals surface area contributed by atoms with Crippen LogP contribution in [-0.4, -0.2) is 20.7 Å². The number of halogens is 2. The maximum absolute atomic E-state index is 13.7. The summed E-state index contributed by atoms with van der Waals surface area (Å²) in [5.41, 5.74) is 6.14. The largest absolute Gasteiger partial charge is 0.384 e. The highest BCUT2D eigenvalue weighted by atomic mass is 79.9. The van der Waals surface area contributed by atoms with E-state index in [4.69, 9.17) is 5.73 Å². The van der Waals surface area contributed by atoms with Crippen LogP contribution in [0.15, 0.2) is 35.1 Å². The highest BCUT2D eigenvalue weighted by Crippen LogP contribution is 2.23. The number of H-pyrrole nitrogens is 1. The number of aromatic nitrogens is 3. The summed E-state index contributed by atoms with van der Waals surface area (Å²) in [6.07, 6.45) is 3.11. The molecule has 100 valence electrons. The highest BCUT2D eigenvalue weighted by Gasteiger charge is 2.19. The maximum atomic E-state index is 13.7. The zero-order valence-corrected chi connectivity index (χ0v) is 11.6. The number of hydrogen-bond acceptors (Lipinski definition) is 4. The van der Waals surface area contributed by atoms with E-state index in [-0.39, 0.29) is 11.4 Å². The predicted octanol–water partition coefficient (Wildman–Crippen LogP) is 2.67. The number of nitrogen functional groups attached to an aromatic ring is 1. The van der Waals surface area contributed by atoms with Crippen molar-refractivity contribution in [2.75, 3.05) is 5.73 Å². The zero-order chi connectivity index (χ0) is 14.3. The summed E-state index contributed by atoms with van der Waals surface area (Å²) in [6, 6.07) is 4.46. The predicted molar refractivity (Wildman–Crippen MR) is 75.8 cm³/mol. The number of aromatic amines is 1. The molecule has 0 amide bonds. The summed E-state index contributed by atoms with van der Waals surface area (Å²) in [5.74, 6) is -1.32. The van der Waals surface area contributed by atoms with Gasteiger partial charge in [-0.05, 0) is 34.1 Å². The van der Waals surface area contributed by atoms with Gasteiger partial charge in [-0.25, -0.2) is 9.97 Å². The van der Waals surface area contributed by atoms with Crippen LogP contribution < -0.4 is 5.73 Å². The van der Waals surface area contributed by atoms with Crippen LogP contribution in [-0.2, 0) is 0 Å². The van der Waals surface area contributed by atoms with Crippen LogP contribution in [0.5, 0.6) is 0 Å². The summed E-state index contributed by atoms with van der Waals surface area (Å²) in [4.78, 5) is 22.8. The third kappa shape index (κ3) is 2.05. The van der Waals surface area contributed by atoms with E-state index in [1.807, 2.05) is 0 Å². The number of nitrogens with zero attached hydrogens (tertiary/aromatic N) is 2.